The predicted molar refractivity (Wildman–Crippen MR) is 109 cm³/mol. The van der Waals surface area contributed by atoms with Gasteiger partial charge in [0.1, 0.15) is 30.1 Å². The molecule has 3 heterocycles. The van der Waals surface area contributed by atoms with E-state index in [1.165, 1.54) is 41.4 Å². The number of ether oxygens (including phenoxy) is 1. The zero-order valence-electron chi connectivity index (χ0n) is 16.4. The van der Waals surface area contributed by atoms with Gasteiger partial charge >= 0.3 is 6.18 Å². The van der Waals surface area contributed by atoms with Crippen molar-refractivity contribution in [2.24, 2.45) is 5.16 Å². The minimum absolute atomic E-state index is 0.132. The zero-order valence-corrected chi connectivity index (χ0v) is 18.0. The molecule has 4 N–H and O–H groups in total. The van der Waals surface area contributed by atoms with Gasteiger partial charge in [0, 0.05) is 6.20 Å². The van der Waals surface area contributed by atoms with Crippen molar-refractivity contribution in [2.75, 3.05) is 6.61 Å². The summed E-state index contributed by atoms with van der Waals surface area (Å²) in [6.07, 6.45) is -8.57. The Hall–Kier alpha value is -2.35. The topological polar surface area (TPSA) is 125 Å². The maximum atomic E-state index is 12.3. The average Bonchev–Trinajstić information content (AvgIpc) is 3.31. The molecule has 0 saturated carbocycles. The molecular weight excluding hydrogens is 492 g/mol. The largest absolute Gasteiger partial charge is 0.425 e. The highest BCUT2D eigenvalue weighted by molar-refractivity contribution is 6.42. The number of nitrogens with one attached hydrogen (secondary N) is 1. The van der Waals surface area contributed by atoms with Crippen LogP contribution in [0.1, 0.15) is 17.9 Å². The molecule has 1 aliphatic heterocycles. The zero-order chi connectivity index (χ0) is 23.9. The monoisotopic (exact) mass is 508 g/mol. The molecule has 0 unspecified atom stereocenters. The van der Waals surface area contributed by atoms with E-state index in [1.54, 1.807) is 0 Å². The van der Waals surface area contributed by atoms with Gasteiger partial charge in [-0.05, 0) is 23.8 Å². The summed E-state index contributed by atoms with van der Waals surface area (Å²) in [6.45, 7) is -1.58. The SMILES string of the molecule is O[C@@H]1[C@H](O)[C@@H]([C@H](O)c2ccc(Cl)c(Cl)c2)O[C@H]1n1ccc2/c(=N/OCC(F)(F)F)nc[nH]c21. The van der Waals surface area contributed by atoms with E-state index in [2.05, 4.69) is 20.0 Å². The highest BCUT2D eigenvalue weighted by atomic mass is 35.5. The Balaban J connectivity index is 1.61. The van der Waals surface area contributed by atoms with E-state index in [-0.39, 0.29) is 26.6 Å². The molecule has 33 heavy (non-hydrogen) atoms. The predicted octanol–water partition coefficient (Wildman–Crippen LogP) is 2.42. The quantitative estimate of drug-likeness (QED) is 0.392. The Morgan fingerprint density at radius 1 is 1.21 bits per heavy atom. The van der Waals surface area contributed by atoms with E-state index in [0.717, 1.165) is 0 Å². The Morgan fingerprint density at radius 2 is 1.97 bits per heavy atom. The molecule has 1 saturated heterocycles. The molecule has 1 aromatic carbocycles. The lowest BCUT2D eigenvalue weighted by Crippen LogP contribution is -2.34. The lowest BCUT2D eigenvalue weighted by molar-refractivity contribution is -0.175. The number of aromatic amines is 1. The van der Waals surface area contributed by atoms with Gasteiger partial charge in [-0.25, -0.2) is 4.98 Å². The van der Waals surface area contributed by atoms with E-state index >= 15 is 0 Å². The maximum absolute atomic E-state index is 12.3. The fraction of sp³-hybridized carbons (Fsp3) is 0.368. The molecule has 178 valence electrons. The van der Waals surface area contributed by atoms with Crippen LogP contribution in [0.5, 0.6) is 0 Å². The second-order valence-corrected chi connectivity index (χ2v) is 8.10. The molecule has 0 amide bonds. The van der Waals surface area contributed by atoms with Crippen LogP contribution >= 0.6 is 23.2 Å². The second kappa shape index (κ2) is 9.12. The number of alkyl halides is 3. The Bertz CT molecular complexity index is 1220. The number of hydrogen-bond acceptors (Lipinski definition) is 7. The third-order valence-corrected chi connectivity index (χ3v) is 5.81. The van der Waals surface area contributed by atoms with Crippen molar-refractivity contribution in [3.63, 3.8) is 0 Å². The number of fused-ring (bicyclic) bond motifs is 1. The van der Waals surface area contributed by atoms with Crippen LogP contribution in [0.3, 0.4) is 0 Å². The van der Waals surface area contributed by atoms with Crippen molar-refractivity contribution < 1.29 is 38.1 Å². The van der Waals surface area contributed by atoms with Crippen LogP contribution in [-0.2, 0) is 9.57 Å². The van der Waals surface area contributed by atoms with Crippen LogP contribution in [0, 0.1) is 0 Å². The number of hydrogen-bond donors (Lipinski definition) is 4. The molecule has 14 heteroatoms. The number of aromatic nitrogens is 3. The molecule has 0 radical (unpaired) electrons. The van der Waals surface area contributed by atoms with Gasteiger partial charge in [0.05, 0.1) is 21.8 Å². The van der Waals surface area contributed by atoms with Gasteiger partial charge in [-0.3, -0.25) is 0 Å². The first-order valence-corrected chi connectivity index (χ1v) is 10.2. The number of H-pyrrole nitrogens is 1. The molecule has 4 rings (SSSR count). The van der Waals surface area contributed by atoms with Gasteiger partial charge in [-0.1, -0.05) is 34.4 Å². The fourth-order valence-electron chi connectivity index (χ4n) is 3.52. The van der Waals surface area contributed by atoms with Crippen molar-refractivity contribution in [1.82, 2.24) is 14.5 Å². The number of nitrogens with zero attached hydrogens (tertiary/aromatic N) is 3. The van der Waals surface area contributed by atoms with Gasteiger partial charge in [-0.15, -0.1) is 0 Å². The standard InChI is InChI=1S/C19H17Cl2F3N4O5/c20-10-2-1-8(5-11(10)21)12(29)15-13(30)14(31)18(33-15)28-4-3-9-16(25-7-26-17(9)28)27-32-6-19(22,23)24/h1-5,7,12-15,18,29-31H,6H2,(H,25,26,27)/t12-,13+,14-,15-,18-/m1/s1. The number of aliphatic hydroxyl groups is 3. The molecule has 2 aromatic heterocycles. The Kier molecular flexibility index (Phi) is 6.58. The maximum Gasteiger partial charge on any atom is 0.425 e. The minimum Gasteiger partial charge on any atom is -0.387 e. The first-order chi connectivity index (χ1) is 15.6. The summed E-state index contributed by atoms with van der Waals surface area (Å²) in [7, 11) is 0. The molecule has 1 aliphatic rings. The first kappa shape index (κ1) is 23.8. The van der Waals surface area contributed by atoms with E-state index in [0.29, 0.717) is 5.56 Å². The van der Waals surface area contributed by atoms with Crippen LogP contribution in [-0.4, -0.2) is 60.9 Å². The molecule has 3 aromatic rings. The summed E-state index contributed by atoms with van der Waals surface area (Å²) in [4.78, 5) is 11.0. The number of halogens is 5. The van der Waals surface area contributed by atoms with Crippen molar-refractivity contribution >= 4 is 34.2 Å². The summed E-state index contributed by atoms with van der Waals surface area (Å²) in [5.41, 5.74) is 0.463. The van der Waals surface area contributed by atoms with Crippen LogP contribution in [0.25, 0.3) is 11.0 Å². The molecule has 9 nitrogen and oxygen atoms in total. The Morgan fingerprint density at radius 3 is 2.67 bits per heavy atom. The average molecular weight is 509 g/mol. The number of aliphatic hydroxyl groups excluding tert-OH is 3. The van der Waals surface area contributed by atoms with Crippen LogP contribution in [0.4, 0.5) is 13.2 Å². The van der Waals surface area contributed by atoms with Crippen LogP contribution in [0.15, 0.2) is 41.9 Å². The van der Waals surface area contributed by atoms with E-state index < -0.39 is 43.4 Å². The molecule has 5 atom stereocenters. The summed E-state index contributed by atoms with van der Waals surface area (Å²) in [5.74, 6) is 0. The summed E-state index contributed by atoms with van der Waals surface area (Å²) in [5, 5.41) is 36.0. The number of benzene rings is 1. The summed E-state index contributed by atoms with van der Waals surface area (Å²) in [6, 6.07) is 5.88. The van der Waals surface area contributed by atoms with E-state index in [1.807, 2.05) is 0 Å². The first-order valence-electron chi connectivity index (χ1n) is 9.48. The highest BCUT2D eigenvalue weighted by Crippen LogP contribution is 2.38. The van der Waals surface area contributed by atoms with Crippen LogP contribution in [0.2, 0.25) is 10.0 Å². The van der Waals surface area contributed by atoms with E-state index in [9.17, 15) is 28.5 Å². The summed E-state index contributed by atoms with van der Waals surface area (Å²) < 4.78 is 44.1. The van der Waals surface area contributed by atoms with Crippen molar-refractivity contribution in [1.29, 1.82) is 0 Å². The molecule has 0 bridgehead atoms. The molecule has 0 spiro atoms. The minimum atomic E-state index is -4.56. The van der Waals surface area contributed by atoms with Gasteiger partial charge in [0.15, 0.2) is 6.23 Å². The Labute approximate surface area is 193 Å². The van der Waals surface area contributed by atoms with Gasteiger partial charge in [0.2, 0.25) is 12.1 Å². The summed E-state index contributed by atoms with van der Waals surface area (Å²) >= 11 is 11.9. The van der Waals surface area contributed by atoms with Crippen molar-refractivity contribution in [3.8, 4) is 0 Å². The normalized spacial score (nSPS) is 25.0. The molecule has 0 aliphatic carbocycles. The van der Waals surface area contributed by atoms with Gasteiger partial charge < -0.3 is 34.4 Å². The smallest absolute Gasteiger partial charge is 0.387 e. The third kappa shape index (κ3) is 4.81. The van der Waals surface area contributed by atoms with Crippen molar-refractivity contribution in [2.45, 2.75) is 36.8 Å². The molecular formula is C19H17Cl2F3N4O5. The number of rotatable bonds is 5. The lowest BCUT2D eigenvalue weighted by atomic mass is 9.99. The lowest BCUT2D eigenvalue weighted by Gasteiger charge is -2.21. The van der Waals surface area contributed by atoms with E-state index in [4.69, 9.17) is 27.9 Å². The highest BCUT2D eigenvalue weighted by Gasteiger charge is 2.47. The van der Waals surface area contributed by atoms with Crippen molar-refractivity contribution in [3.05, 3.63) is 57.9 Å². The van der Waals surface area contributed by atoms with Gasteiger partial charge in [0.25, 0.3) is 0 Å². The van der Waals surface area contributed by atoms with Gasteiger partial charge in [-0.2, -0.15) is 13.2 Å². The third-order valence-electron chi connectivity index (χ3n) is 5.07. The molecule has 1 fully saturated rings. The van der Waals surface area contributed by atoms with Crippen LogP contribution < -0.4 is 5.49 Å². The fourth-order valence-corrected chi connectivity index (χ4v) is 3.82. The second-order valence-electron chi connectivity index (χ2n) is 7.28.